The number of aliphatic carboxylic acids is 1. The minimum Gasteiger partial charge on any atom is -0.485 e. The second-order valence-electron chi connectivity index (χ2n) is 9.55. The predicted molar refractivity (Wildman–Crippen MR) is 143 cm³/mol. The number of hydrogen-bond acceptors (Lipinski definition) is 6. The summed E-state index contributed by atoms with van der Waals surface area (Å²) in [6.45, 7) is 8.56. The summed E-state index contributed by atoms with van der Waals surface area (Å²) in [6.07, 6.45) is 2.23. The second kappa shape index (κ2) is 11.8. The van der Waals surface area contributed by atoms with E-state index in [4.69, 9.17) is 9.47 Å². The van der Waals surface area contributed by atoms with Crippen LogP contribution >= 0.6 is 0 Å². The van der Waals surface area contributed by atoms with E-state index in [1.807, 2.05) is 18.2 Å². The van der Waals surface area contributed by atoms with Gasteiger partial charge in [-0.25, -0.2) is 4.98 Å². The van der Waals surface area contributed by atoms with Gasteiger partial charge in [-0.05, 0) is 78.4 Å². The Labute approximate surface area is 218 Å². The maximum atomic E-state index is 11.4. The number of carbonyl (C=O) groups is 1. The number of carboxylic acids is 1. The largest absolute Gasteiger partial charge is 0.485 e. The van der Waals surface area contributed by atoms with E-state index >= 15 is 0 Å². The van der Waals surface area contributed by atoms with Crippen molar-refractivity contribution in [3.8, 4) is 22.8 Å². The summed E-state index contributed by atoms with van der Waals surface area (Å²) in [4.78, 5) is 18.0. The average Bonchev–Trinajstić information content (AvgIpc) is 2.94. The summed E-state index contributed by atoms with van der Waals surface area (Å²) >= 11 is 0. The van der Waals surface area contributed by atoms with E-state index in [2.05, 4.69) is 41.9 Å². The Morgan fingerprint density at radius 1 is 1.16 bits per heavy atom. The predicted octanol–water partition coefficient (Wildman–Crippen LogP) is 5.42. The van der Waals surface area contributed by atoms with Gasteiger partial charge in [0.1, 0.15) is 11.9 Å². The quantitative estimate of drug-likeness (QED) is 0.381. The van der Waals surface area contributed by atoms with Gasteiger partial charge in [0.25, 0.3) is 0 Å². The van der Waals surface area contributed by atoms with Crippen molar-refractivity contribution >= 4 is 5.97 Å². The molecule has 0 radical (unpaired) electrons. The van der Waals surface area contributed by atoms with Crippen molar-refractivity contribution in [1.82, 2.24) is 9.88 Å². The van der Waals surface area contributed by atoms with Gasteiger partial charge in [-0.2, -0.15) is 0 Å². The minimum absolute atomic E-state index is 0.131. The van der Waals surface area contributed by atoms with Crippen molar-refractivity contribution in [2.45, 2.75) is 52.4 Å². The van der Waals surface area contributed by atoms with E-state index in [9.17, 15) is 15.0 Å². The molecule has 7 heteroatoms. The first-order valence-corrected chi connectivity index (χ1v) is 12.9. The van der Waals surface area contributed by atoms with Crippen LogP contribution in [0, 0.1) is 5.92 Å². The summed E-state index contributed by atoms with van der Waals surface area (Å²) in [5.74, 6) is -0.646. The maximum absolute atomic E-state index is 11.4. The van der Waals surface area contributed by atoms with Crippen LogP contribution in [0.25, 0.3) is 11.1 Å². The number of benzene rings is 2. The van der Waals surface area contributed by atoms with E-state index in [1.54, 1.807) is 25.4 Å². The number of fused-ring (bicyclic) bond motifs is 1. The fraction of sp³-hybridized carbons (Fsp3) is 0.400. The number of methoxy groups -OCH3 is 1. The van der Waals surface area contributed by atoms with Crippen LogP contribution in [0.5, 0.6) is 11.6 Å². The number of aliphatic hydroxyl groups excluding tert-OH is 1. The van der Waals surface area contributed by atoms with Gasteiger partial charge in [0.2, 0.25) is 5.88 Å². The van der Waals surface area contributed by atoms with Crippen molar-refractivity contribution in [1.29, 1.82) is 0 Å². The third-order valence-corrected chi connectivity index (χ3v) is 7.29. The highest BCUT2D eigenvalue weighted by atomic mass is 16.5. The van der Waals surface area contributed by atoms with Crippen molar-refractivity contribution in [2.24, 2.45) is 5.92 Å². The zero-order valence-electron chi connectivity index (χ0n) is 22.0. The average molecular weight is 505 g/mol. The first-order valence-electron chi connectivity index (χ1n) is 12.9. The SMILES string of the molecule is CCN(CC)Cc1cc(C2CCc3ccc([C@H](O)[C@H](C)C(=O)O)cc3O2)ccc1-c1ccnc(OC)c1. The Morgan fingerprint density at radius 3 is 2.65 bits per heavy atom. The first-order chi connectivity index (χ1) is 17.8. The zero-order chi connectivity index (χ0) is 26.5. The molecule has 4 rings (SSSR count). The summed E-state index contributed by atoms with van der Waals surface area (Å²) in [6, 6.07) is 16.0. The van der Waals surface area contributed by atoms with Crippen LogP contribution in [-0.2, 0) is 17.8 Å². The van der Waals surface area contributed by atoms with Gasteiger partial charge in [0, 0.05) is 18.8 Å². The molecule has 0 aliphatic carbocycles. The molecule has 1 unspecified atom stereocenters. The number of carboxylic acid groups (broad SMARTS) is 1. The van der Waals surface area contributed by atoms with E-state index in [-0.39, 0.29) is 6.10 Å². The van der Waals surface area contributed by atoms with Crippen LogP contribution < -0.4 is 9.47 Å². The number of aromatic nitrogens is 1. The van der Waals surface area contributed by atoms with Gasteiger partial charge in [-0.3, -0.25) is 9.69 Å². The topological polar surface area (TPSA) is 92.1 Å². The van der Waals surface area contributed by atoms with Crippen molar-refractivity contribution in [2.75, 3.05) is 20.2 Å². The summed E-state index contributed by atoms with van der Waals surface area (Å²) in [5, 5.41) is 19.8. The molecule has 0 bridgehead atoms. The smallest absolute Gasteiger partial charge is 0.309 e. The zero-order valence-corrected chi connectivity index (χ0v) is 22.0. The molecule has 2 heterocycles. The van der Waals surface area contributed by atoms with Gasteiger partial charge in [0.15, 0.2) is 0 Å². The second-order valence-corrected chi connectivity index (χ2v) is 9.55. The molecular formula is C30H36N2O5. The first kappa shape index (κ1) is 26.6. The lowest BCUT2D eigenvalue weighted by Gasteiger charge is -2.29. The third kappa shape index (κ3) is 5.95. The Hall–Kier alpha value is -3.42. The molecule has 3 aromatic rings. The fourth-order valence-electron chi connectivity index (χ4n) is 4.83. The van der Waals surface area contributed by atoms with Gasteiger partial charge < -0.3 is 19.7 Å². The molecule has 2 aromatic carbocycles. The molecule has 0 saturated carbocycles. The Bertz CT molecular complexity index is 1240. The molecule has 2 N–H and O–H groups in total. The van der Waals surface area contributed by atoms with E-state index in [1.165, 1.54) is 12.5 Å². The van der Waals surface area contributed by atoms with Crippen LogP contribution in [-0.4, -0.2) is 46.3 Å². The molecular weight excluding hydrogens is 468 g/mol. The van der Waals surface area contributed by atoms with Gasteiger partial charge in [0.05, 0.1) is 19.1 Å². The molecule has 37 heavy (non-hydrogen) atoms. The molecule has 196 valence electrons. The number of ether oxygens (including phenoxy) is 2. The molecule has 0 fully saturated rings. The maximum Gasteiger partial charge on any atom is 0.309 e. The fourth-order valence-corrected chi connectivity index (χ4v) is 4.83. The molecule has 1 aromatic heterocycles. The van der Waals surface area contributed by atoms with Crippen molar-refractivity contribution < 1.29 is 24.5 Å². The Balaban J connectivity index is 1.65. The third-order valence-electron chi connectivity index (χ3n) is 7.29. The minimum atomic E-state index is -1.09. The highest BCUT2D eigenvalue weighted by Crippen LogP contribution is 2.39. The van der Waals surface area contributed by atoms with Gasteiger partial charge in [-0.1, -0.05) is 44.2 Å². The molecule has 7 nitrogen and oxygen atoms in total. The van der Waals surface area contributed by atoms with Gasteiger partial charge in [-0.15, -0.1) is 0 Å². The molecule has 1 aliphatic heterocycles. The normalized spacial score (nSPS) is 16.5. The molecule has 3 atom stereocenters. The number of aliphatic hydroxyl groups is 1. The highest BCUT2D eigenvalue weighted by Gasteiger charge is 2.27. The van der Waals surface area contributed by atoms with Crippen molar-refractivity contribution in [3.63, 3.8) is 0 Å². The van der Waals surface area contributed by atoms with Crippen LogP contribution in [0.4, 0.5) is 0 Å². The highest BCUT2D eigenvalue weighted by molar-refractivity contribution is 5.70. The molecule has 0 amide bonds. The number of pyridine rings is 1. The Kier molecular flexibility index (Phi) is 8.46. The van der Waals surface area contributed by atoms with E-state index in [0.29, 0.717) is 17.2 Å². The van der Waals surface area contributed by atoms with Crippen molar-refractivity contribution in [3.05, 3.63) is 77.0 Å². The van der Waals surface area contributed by atoms with Crippen LogP contribution in [0.2, 0.25) is 0 Å². The van der Waals surface area contributed by atoms with Gasteiger partial charge >= 0.3 is 5.97 Å². The molecule has 1 aliphatic rings. The Morgan fingerprint density at radius 2 is 1.95 bits per heavy atom. The van der Waals surface area contributed by atoms with Crippen LogP contribution in [0.1, 0.15) is 61.7 Å². The summed E-state index contributed by atoms with van der Waals surface area (Å²) in [7, 11) is 1.62. The standard InChI is InChI=1S/C30H36N2O5/c1-5-32(6-2)18-24-15-22(9-11-25(24)21-13-14-31-28(17-21)36-4)26-12-10-20-7-8-23(16-27(20)37-26)29(33)19(3)30(34)35/h7-9,11,13-17,19,26,29,33H,5-6,10,12,18H2,1-4H3,(H,34,35)/t19-,26?,29+/m0/s1. The van der Waals surface area contributed by atoms with E-state index in [0.717, 1.165) is 54.7 Å². The lowest BCUT2D eigenvalue weighted by atomic mass is 9.91. The number of rotatable bonds is 10. The lowest BCUT2D eigenvalue weighted by Crippen LogP contribution is -2.23. The van der Waals surface area contributed by atoms with Crippen LogP contribution in [0.3, 0.4) is 0 Å². The van der Waals surface area contributed by atoms with E-state index < -0.39 is 18.0 Å². The molecule has 0 spiro atoms. The molecule has 0 saturated heterocycles. The summed E-state index contributed by atoms with van der Waals surface area (Å²) in [5.41, 5.74) is 6.13. The van der Waals surface area contributed by atoms with Crippen LogP contribution in [0.15, 0.2) is 54.7 Å². The number of hydrogen-bond donors (Lipinski definition) is 2. The number of aryl methyl sites for hydroxylation is 1. The lowest BCUT2D eigenvalue weighted by molar-refractivity contribution is -0.145. The monoisotopic (exact) mass is 504 g/mol. The number of nitrogens with zero attached hydrogens (tertiary/aromatic N) is 2. The summed E-state index contributed by atoms with van der Waals surface area (Å²) < 4.78 is 11.8.